The SMILES string of the molecule is CC(C)(C)C1CCC=CC=CC1(C1C=CC(C(=O)O)=C(C(=O)O)CC(O)C1O)C(C)(C)C. The van der Waals surface area contributed by atoms with Crippen molar-refractivity contribution in [1.82, 2.24) is 0 Å². The summed E-state index contributed by atoms with van der Waals surface area (Å²) in [5.41, 5.74) is -1.94. The number of aliphatic hydroxyl groups excluding tert-OH is 2. The fourth-order valence-corrected chi connectivity index (χ4v) is 5.71. The zero-order valence-corrected chi connectivity index (χ0v) is 20.0. The van der Waals surface area contributed by atoms with Gasteiger partial charge >= 0.3 is 11.9 Å². The summed E-state index contributed by atoms with van der Waals surface area (Å²) in [6.07, 6.45) is 9.69. The van der Waals surface area contributed by atoms with E-state index in [1.165, 1.54) is 6.08 Å². The molecule has 4 N–H and O–H groups in total. The van der Waals surface area contributed by atoms with Crippen LogP contribution in [0.4, 0.5) is 0 Å². The fourth-order valence-electron chi connectivity index (χ4n) is 5.71. The van der Waals surface area contributed by atoms with Gasteiger partial charge in [0.05, 0.1) is 23.4 Å². The minimum atomic E-state index is -1.42. The molecule has 0 saturated heterocycles. The maximum atomic E-state index is 11.9. The average molecular weight is 447 g/mol. The molecule has 0 amide bonds. The van der Waals surface area contributed by atoms with Crippen molar-refractivity contribution in [2.45, 2.75) is 73.0 Å². The van der Waals surface area contributed by atoms with Crippen LogP contribution in [0.25, 0.3) is 0 Å². The van der Waals surface area contributed by atoms with Gasteiger partial charge in [0.2, 0.25) is 0 Å². The summed E-state index contributed by atoms with van der Waals surface area (Å²) in [5, 5.41) is 41.5. The minimum Gasteiger partial charge on any atom is -0.478 e. The van der Waals surface area contributed by atoms with E-state index in [-0.39, 0.29) is 22.3 Å². The van der Waals surface area contributed by atoms with Crippen LogP contribution in [-0.4, -0.2) is 44.6 Å². The first kappa shape index (κ1) is 26.1. The molecule has 6 heteroatoms. The van der Waals surface area contributed by atoms with Crippen LogP contribution in [0.3, 0.4) is 0 Å². The van der Waals surface area contributed by atoms with E-state index in [0.717, 1.165) is 12.8 Å². The van der Waals surface area contributed by atoms with Crippen LogP contribution in [0.15, 0.2) is 47.6 Å². The van der Waals surface area contributed by atoms with Gasteiger partial charge in [0.15, 0.2) is 0 Å². The fraction of sp³-hybridized carbons (Fsp3) is 0.615. The highest BCUT2D eigenvalue weighted by Crippen LogP contribution is 2.60. The number of hydrogen-bond acceptors (Lipinski definition) is 4. The van der Waals surface area contributed by atoms with Crippen LogP contribution in [-0.2, 0) is 9.59 Å². The molecular weight excluding hydrogens is 408 g/mol. The maximum Gasteiger partial charge on any atom is 0.336 e. The van der Waals surface area contributed by atoms with Gasteiger partial charge in [0.1, 0.15) is 0 Å². The Balaban J connectivity index is 2.87. The zero-order chi connectivity index (χ0) is 24.5. The van der Waals surface area contributed by atoms with E-state index in [1.54, 1.807) is 6.08 Å². The average Bonchev–Trinajstić information content (AvgIpc) is 2.60. The van der Waals surface area contributed by atoms with Crippen molar-refractivity contribution in [3.63, 3.8) is 0 Å². The molecule has 5 unspecified atom stereocenters. The van der Waals surface area contributed by atoms with Gasteiger partial charge in [-0.1, -0.05) is 78.0 Å². The Morgan fingerprint density at radius 2 is 1.62 bits per heavy atom. The second-order valence-corrected chi connectivity index (χ2v) is 11.1. The highest BCUT2D eigenvalue weighted by Gasteiger charge is 2.56. The lowest BCUT2D eigenvalue weighted by molar-refractivity contribution is -0.137. The molecule has 0 bridgehead atoms. The lowest BCUT2D eigenvalue weighted by Crippen LogP contribution is -2.55. The summed E-state index contributed by atoms with van der Waals surface area (Å²) in [4.78, 5) is 23.6. The Labute approximate surface area is 191 Å². The normalized spacial score (nSPS) is 32.1. The van der Waals surface area contributed by atoms with Gasteiger partial charge in [0.25, 0.3) is 0 Å². The van der Waals surface area contributed by atoms with E-state index >= 15 is 0 Å². The summed E-state index contributed by atoms with van der Waals surface area (Å²) in [5.74, 6) is -3.32. The summed E-state index contributed by atoms with van der Waals surface area (Å²) < 4.78 is 0. The summed E-state index contributed by atoms with van der Waals surface area (Å²) >= 11 is 0. The van der Waals surface area contributed by atoms with E-state index < -0.39 is 47.5 Å². The highest BCUT2D eigenvalue weighted by molar-refractivity contribution is 6.01. The summed E-state index contributed by atoms with van der Waals surface area (Å²) in [6, 6.07) is 0. The van der Waals surface area contributed by atoms with E-state index in [9.17, 15) is 30.0 Å². The van der Waals surface area contributed by atoms with Crippen molar-refractivity contribution >= 4 is 11.9 Å². The molecule has 0 saturated carbocycles. The molecule has 32 heavy (non-hydrogen) atoms. The number of carboxylic acid groups (broad SMARTS) is 2. The predicted octanol–water partition coefficient (Wildman–Crippen LogP) is 4.35. The third-order valence-corrected chi connectivity index (χ3v) is 7.17. The Hall–Kier alpha value is -2.18. The third kappa shape index (κ3) is 4.91. The van der Waals surface area contributed by atoms with Crippen LogP contribution in [0.5, 0.6) is 0 Å². The Morgan fingerprint density at radius 1 is 1.00 bits per heavy atom. The molecule has 0 aromatic rings. The Kier molecular flexibility index (Phi) is 7.63. The Bertz CT molecular complexity index is 849. The van der Waals surface area contributed by atoms with Gasteiger partial charge in [-0.3, -0.25) is 0 Å². The number of rotatable bonds is 3. The molecule has 178 valence electrons. The van der Waals surface area contributed by atoms with E-state index in [4.69, 9.17) is 0 Å². The number of aliphatic hydroxyl groups is 2. The van der Waals surface area contributed by atoms with Crippen molar-refractivity contribution in [2.75, 3.05) is 0 Å². The largest absolute Gasteiger partial charge is 0.478 e. The molecule has 0 fully saturated rings. The smallest absolute Gasteiger partial charge is 0.336 e. The van der Waals surface area contributed by atoms with Crippen LogP contribution in [0.2, 0.25) is 0 Å². The minimum absolute atomic E-state index is 0.0864. The first-order valence-electron chi connectivity index (χ1n) is 11.2. The third-order valence-electron chi connectivity index (χ3n) is 7.17. The number of allylic oxidation sites excluding steroid dienone is 4. The second-order valence-electron chi connectivity index (χ2n) is 11.1. The van der Waals surface area contributed by atoms with Gasteiger partial charge in [0, 0.05) is 17.8 Å². The monoisotopic (exact) mass is 446 g/mol. The zero-order valence-electron chi connectivity index (χ0n) is 20.0. The van der Waals surface area contributed by atoms with Crippen LogP contribution >= 0.6 is 0 Å². The first-order chi connectivity index (χ1) is 14.6. The van der Waals surface area contributed by atoms with Crippen molar-refractivity contribution in [2.24, 2.45) is 28.1 Å². The number of aliphatic carboxylic acids is 2. The van der Waals surface area contributed by atoms with Crippen LogP contribution in [0, 0.1) is 28.1 Å². The molecule has 0 spiro atoms. The molecular formula is C26H38O6. The first-order valence-corrected chi connectivity index (χ1v) is 11.2. The number of carboxylic acids is 2. The molecule has 0 heterocycles. The molecule has 2 aliphatic rings. The molecule has 0 aliphatic heterocycles. The topological polar surface area (TPSA) is 115 Å². The highest BCUT2D eigenvalue weighted by atomic mass is 16.4. The quantitative estimate of drug-likeness (QED) is 0.512. The van der Waals surface area contributed by atoms with Crippen LogP contribution in [0.1, 0.15) is 60.8 Å². The van der Waals surface area contributed by atoms with Crippen molar-refractivity contribution < 1.29 is 30.0 Å². The van der Waals surface area contributed by atoms with Crippen molar-refractivity contribution in [3.05, 3.63) is 47.6 Å². The predicted molar refractivity (Wildman–Crippen MR) is 124 cm³/mol. The summed E-state index contributed by atoms with van der Waals surface area (Å²) in [6.45, 7) is 12.8. The maximum absolute atomic E-state index is 11.9. The van der Waals surface area contributed by atoms with Crippen molar-refractivity contribution in [3.8, 4) is 0 Å². The van der Waals surface area contributed by atoms with Crippen molar-refractivity contribution in [1.29, 1.82) is 0 Å². The summed E-state index contributed by atoms with van der Waals surface area (Å²) in [7, 11) is 0. The lowest BCUT2D eigenvalue weighted by Gasteiger charge is -2.58. The van der Waals surface area contributed by atoms with Gasteiger partial charge in [-0.2, -0.15) is 0 Å². The molecule has 2 rings (SSSR count). The molecule has 5 atom stereocenters. The standard InChI is InChI=1S/C26H38O6/c1-24(2,3)20-11-9-7-8-10-14-26(20,25(4,5)6)18-13-12-16(22(29)30)17(23(31)32)15-19(27)21(18)28/h7-8,10,12-14,18-21,27-28H,9,11,15H2,1-6H3,(H,29,30)(H,31,32). The molecule has 0 aromatic carbocycles. The van der Waals surface area contributed by atoms with E-state index in [1.807, 2.05) is 12.2 Å². The van der Waals surface area contributed by atoms with Gasteiger partial charge in [-0.15, -0.1) is 0 Å². The molecule has 0 aromatic heterocycles. The molecule has 2 aliphatic carbocycles. The molecule has 6 nitrogen and oxygen atoms in total. The molecule has 0 radical (unpaired) electrons. The number of hydrogen-bond donors (Lipinski definition) is 4. The van der Waals surface area contributed by atoms with Gasteiger partial charge < -0.3 is 20.4 Å². The van der Waals surface area contributed by atoms with Gasteiger partial charge in [-0.05, 0) is 29.6 Å². The van der Waals surface area contributed by atoms with Gasteiger partial charge in [-0.25, -0.2) is 9.59 Å². The van der Waals surface area contributed by atoms with E-state index in [0.29, 0.717) is 0 Å². The second kappa shape index (κ2) is 9.36. The van der Waals surface area contributed by atoms with E-state index in [2.05, 4.69) is 53.7 Å². The number of carbonyl (C=O) groups is 2. The lowest BCUT2D eigenvalue weighted by atomic mass is 9.46. The Morgan fingerprint density at radius 3 is 2.12 bits per heavy atom. The van der Waals surface area contributed by atoms with Crippen LogP contribution < -0.4 is 0 Å².